The average molecular weight is 347 g/mol. The Morgan fingerprint density at radius 1 is 1.39 bits per heavy atom. The van der Waals surface area contributed by atoms with Crippen molar-refractivity contribution in [3.8, 4) is 6.07 Å². The third-order valence-corrected chi connectivity index (χ3v) is 5.81. The number of aryl methyl sites for hydroxylation is 2. The highest BCUT2D eigenvalue weighted by atomic mass is 32.2. The van der Waals surface area contributed by atoms with Crippen LogP contribution in [0.25, 0.3) is 6.08 Å². The molecule has 1 aromatic carbocycles. The highest BCUT2D eigenvalue weighted by Gasteiger charge is 2.22. The van der Waals surface area contributed by atoms with Gasteiger partial charge >= 0.3 is 0 Å². The Bertz CT molecular complexity index is 922. The lowest BCUT2D eigenvalue weighted by molar-refractivity contribution is -0.114. The second-order valence-electron chi connectivity index (χ2n) is 4.65. The van der Waals surface area contributed by atoms with Gasteiger partial charge in [-0.25, -0.2) is 18.1 Å². The molecule has 0 unspecified atom stereocenters. The number of carbonyl (C=O) groups excluding carboxylic acids is 1. The van der Waals surface area contributed by atoms with Crippen LogP contribution in [-0.2, 0) is 14.8 Å². The molecule has 23 heavy (non-hydrogen) atoms. The quantitative estimate of drug-likeness (QED) is 0.854. The summed E-state index contributed by atoms with van der Waals surface area (Å²) in [5, 5.41) is 9.42. The van der Waals surface area contributed by atoms with Crippen molar-refractivity contribution in [2.24, 2.45) is 0 Å². The maximum atomic E-state index is 12.2. The lowest BCUT2D eigenvalue weighted by atomic mass is 10.1. The molecule has 2 aromatic rings. The number of nitrogens with one attached hydrogen (secondary N) is 1. The summed E-state index contributed by atoms with van der Waals surface area (Å²) in [7, 11) is -3.93. The molecule has 2 rings (SSSR count). The van der Waals surface area contributed by atoms with E-state index in [0.29, 0.717) is 21.8 Å². The van der Waals surface area contributed by atoms with Gasteiger partial charge in [-0.3, -0.25) is 4.79 Å². The van der Waals surface area contributed by atoms with Gasteiger partial charge in [0.15, 0.2) is 4.21 Å². The summed E-state index contributed by atoms with van der Waals surface area (Å²) in [5.74, 6) is -0.766. The molecule has 118 valence electrons. The van der Waals surface area contributed by atoms with E-state index in [0.717, 1.165) is 17.4 Å². The van der Waals surface area contributed by atoms with Gasteiger partial charge < -0.3 is 0 Å². The second kappa shape index (κ2) is 6.73. The Morgan fingerprint density at radius 3 is 2.74 bits per heavy atom. The zero-order valence-corrected chi connectivity index (χ0v) is 14.0. The number of hydrogen-bond donors (Lipinski definition) is 1. The van der Waals surface area contributed by atoms with Crippen molar-refractivity contribution in [3.05, 3.63) is 52.2 Å². The zero-order chi connectivity index (χ0) is 17.0. The second-order valence-corrected chi connectivity index (χ2v) is 7.73. The first-order valence-corrected chi connectivity index (χ1v) is 8.81. The first kappa shape index (κ1) is 16.9. The van der Waals surface area contributed by atoms with E-state index in [-0.39, 0.29) is 4.21 Å². The molecular weight excluding hydrogens is 334 g/mol. The molecule has 8 heteroatoms. The third kappa shape index (κ3) is 4.25. The summed E-state index contributed by atoms with van der Waals surface area (Å²) in [6, 6.07) is 8.60. The van der Waals surface area contributed by atoms with Crippen LogP contribution in [0.1, 0.15) is 21.8 Å². The summed E-state index contributed by atoms with van der Waals surface area (Å²) in [5.41, 5.74) is 1.44. The first-order chi connectivity index (χ1) is 10.8. The molecule has 1 heterocycles. The summed E-state index contributed by atoms with van der Waals surface area (Å²) < 4.78 is 26.3. The number of amides is 1. The van der Waals surface area contributed by atoms with Crippen LogP contribution >= 0.6 is 11.3 Å². The predicted molar refractivity (Wildman–Crippen MR) is 87.1 cm³/mol. The van der Waals surface area contributed by atoms with E-state index in [1.54, 1.807) is 38.1 Å². The van der Waals surface area contributed by atoms with E-state index in [4.69, 9.17) is 5.26 Å². The van der Waals surface area contributed by atoms with Crippen LogP contribution in [0.5, 0.6) is 0 Å². The monoisotopic (exact) mass is 347 g/mol. The van der Waals surface area contributed by atoms with Crippen molar-refractivity contribution in [2.75, 3.05) is 0 Å². The molecule has 0 radical (unpaired) electrons. The minimum atomic E-state index is -3.93. The number of hydrogen-bond acceptors (Lipinski definition) is 6. The maximum absolute atomic E-state index is 12.2. The van der Waals surface area contributed by atoms with Crippen molar-refractivity contribution in [1.82, 2.24) is 9.71 Å². The van der Waals surface area contributed by atoms with E-state index in [1.165, 1.54) is 6.08 Å². The lowest BCUT2D eigenvalue weighted by Gasteiger charge is -2.02. The molecule has 0 aliphatic rings. The van der Waals surface area contributed by atoms with Crippen LogP contribution in [0.3, 0.4) is 0 Å². The largest absolute Gasteiger partial charge is 0.275 e. The summed E-state index contributed by atoms with van der Waals surface area (Å²) in [4.78, 5) is 15.9. The van der Waals surface area contributed by atoms with E-state index >= 15 is 0 Å². The van der Waals surface area contributed by atoms with Crippen molar-refractivity contribution >= 4 is 33.3 Å². The molecule has 6 nitrogen and oxygen atoms in total. The van der Waals surface area contributed by atoms with E-state index in [9.17, 15) is 13.2 Å². The number of sulfonamides is 1. The molecular formula is C15H13N3O3S2. The number of nitriles is 1. The van der Waals surface area contributed by atoms with E-state index in [2.05, 4.69) is 4.98 Å². The van der Waals surface area contributed by atoms with Crippen LogP contribution in [0.4, 0.5) is 0 Å². The Hall–Kier alpha value is -2.50. The molecule has 1 aromatic heterocycles. The van der Waals surface area contributed by atoms with Crippen LogP contribution in [0, 0.1) is 25.2 Å². The van der Waals surface area contributed by atoms with Crippen LogP contribution in [0.15, 0.2) is 34.6 Å². The van der Waals surface area contributed by atoms with Gasteiger partial charge in [0.05, 0.1) is 22.3 Å². The van der Waals surface area contributed by atoms with Gasteiger partial charge in [-0.1, -0.05) is 12.1 Å². The molecule has 0 spiro atoms. The van der Waals surface area contributed by atoms with Crippen molar-refractivity contribution in [3.63, 3.8) is 0 Å². The summed E-state index contributed by atoms with van der Waals surface area (Å²) >= 11 is 1.01. The highest BCUT2D eigenvalue weighted by Crippen LogP contribution is 2.22. The van der Waals surface area contributed by atoms with Crippen molar-refractivity contribution in [2.45, 2.75) is 18.1 Å². The Balaban J connectivity index is 2.14. The molecule has 0 saturated carbocycles. The fraction of sp³-hybridized carbons (Fsp3) is 0.133. The van der Waals surface area contributed by atoms with Gasteiger partial charge in [-0.05, 0) is 37.6 Å². The average Bonchev–Trinajstić information content (AvgIpc) is 2.84. The third-order valence-electron chi connectivity index (χ3n) is 2.78. The van der Waals surface area contributed by atoms with Crippen LogP contribution < -0.4 is 4.72 Å². The van der Waals surface area contributed by atoms with Crippen LogP contribution in [0.2, 0.25) is 0 Å². The standard InChI is InChI=1S/C15H13N3O3S2/c1-10-15(22-11(2)17-10)23(20,21)18-14(19)7-6-12-4-3-5-13(8-12)9-16/h3-8H,1-2H3,(H,18,19). The Morgan fingerprint density at radius 2 is 2.13 bits per heavy atom. The fourth-order valence-electron chi connectivity index (χ4n) is 1.86. The molecule has 0 bridgehead atoms. The Kier molecular flexibility index (Phi) is 4.93. The minimum absolute atomic E-state index is 0.0308. The van der Waals surface area contributed by atoms with E-state index in [1.807, 2.05) is 10.8 Å². The molecule has 0 fully saturated rings. The summed E-state index contributed by atoms with van der Waals surface area (Å²) in [6.07, 6.45) is 2.55. The van der Waals surface area contributed by atoms with Gasteiger partial charge in [0, 0.05) is 6.08 Å². The van der Waals surface area contributed by atoms with Gasteiger partial charge in [0.25, 0.3) is 15.9 Å². The van der Waals surface area contributed by atoms with Gasteiger partial charge in [-0.15, -0.1) is 11.3 Å². The molecule has 0 atom stereocenters. The molecule has 0 aliphatic carbocycles. The molecule has 1 N–H and O–H groups in total. The normalized spacial score (nSPS) is 11.3. The SMILES string of the molecule is Cc1nc(C)c(S(=O)(=O)NC(=O)C=Cc2cccc(C#N)c2)s1. The fourth-order valence-corrected chi connectivity index (χ4v) is 4.29. The van der Waals surface area contributed by atoms with Crippen LogP contribution in [-0.4, -0.2) is 19.3 Å². The number of thiazole rings is 1. The van der Waals surface area contributed by atoms with Crippen molar-refractivity contribution in [1.29, 1.82) is 5.26 Å². The molecule has 1 amide bonds. The number of rotatable bonds is 4. The number of carbonyl (C=O) groups is 1. The predicted octanol–water partition coefficient (Wildman–Crippen LogP) is 2.15. The number of benzene rings is 1. The van der Waals surface area contributed by atoms with Gasteiger partial charge in [-0.2, -0.15) is 5.26 Å². The van der Waals surface area contributed by atoms with Gasteiger partial charge in [0.1, 0.15) is 0 Å². The van der Waals surface area contributed by atoms with E-state index < -0.39 is 15.9 Å². The lowest BCUT2D eigenvalue weighted by Crippen LogP contribution is -2.28. The van der Waals surface area contributed by atoms with Crippen molar-refractivity contribution < 1.29 is 13.2 Å². The minimum Gasteiger partial charge on any atom is -0.269 e. The topological polar surface area (TPSA) is 99.9 Å². The molecule has 0 saturated heterocycles. The maximum Gasteiger partial charge on any atom is 0.275 e. The molecule has 0 aliphatic heterocycles. The number of aromatic nitrogens is 1. The Labute approximate surface area is 138 Å². The summed E-state index contributed by atoms with van der Waals surface area (Å²) in [6.45, 7) is 3.27. The number of nitrogens with zero attached hydrogens (tertiary/aromatic N) is 2. The highest BCUT2D eigenvalue weighted by molar-refractivity contribution is 7.92. The smallest absolute Gasteiger partial charge is 0.269 e. The first-order valence-electron chi connectivity index (χ1n) is 6.51. The van der Waals surface area contributed by atoms with Gasteiger partial charge in [0.2, 0.25) is 0 Å². The zero-order valence-electron chi connectivity index (χ0n) is 12.4.